The molecule has 0 aliphatic carbocycles. The molecule has 2 heterocycles. The van der Waals surface area contributed by atoms with E-state index in [0.29, 0.717) is 32.5 Å². The summed E-state index contributed by atoms with van der Waals surface area (Å²) in [6.07, 6.45) is 0.799. The van der Waals surface area contributed by atoms with Crippen molar-refractivity contribution in [3.8, 4) is 0 Å². The van der Waals surface area contributed by atoms with Gasteiger partial charge in [-0.15, -0.1) is 0 Å². The molecule has 0 unspecified atom stereocenters. The van der Waals surface area contributed by atoms with E-state index in [1.165, 1.54) is 4.90 Å². The Morgan fingerprint density at radius 2 is 1.88 bits per heavy atom. The quantitative estimate of drug-likeness (QED) is 0.577. The van der Waals surface area contributed by atoms with Crippen LogP contribution in [0.15, 0.2) is 0 Å². The van der Waals surface area contributed by atoms with Gasteiger partial charge in [-0.2, -0.15) is 0 Å². The molecular formula is C17H28N2O6. The summed E-state index contributed by atoms with van der Waals surface area (Å²) in [6.45, 7) is 5.01. The van der Waals surface area contributed by atoms with Gasteiger partial charge in [-0.3, -0.25) is 9.59 Å². The number of likely N-dealkylation sites (tertiary alicyclic amines) is 2. The number of likely N-dealkylation sites (N-methyl/N-ethyl adjacent to an activating group) is 1. The molecule has 8 heteroatoms. The van der Waals surface area contributed by atoms with Crippen LogP contribution in [0.5, 0.6) is 0 Å². The SMILES string of the molecule is CCCCOC(=O)N1CCC2(CC1)[C@@H](C(=O)OCC)[C@@H](O)C(=O)N2C. The zero-order valence-corrected chi connectivity index (χ0v) is 15.2. The van der Waals surface area contributed by atoms with Crippen LogP contribution >= 0.6 is 0 Å². The van der Waals surface area contributed by atoms with Crippen LogP contribution in [0.4, 0.5) is 4.79 Å². The Morgan fingerprint density at radius 3 is 2.44 bits per heavy atom. The van der Waals surface area contributed by atoms with Crippen molar-refractivity contribution in [2.24, 2.45) is 5.92 Å². The summed E-state index contributed by atoms with van der Waals surface area (Å²) in [4.78, 5) is 39.7. The Hall–Kier alpha value is -1.83. The van der Waals surface area contributed by atoms with Gasteiger partial charge in [0.25, 0.3) is 5.91 Å². The zero-order chi connectivity index (χ0) is 18.6. The summed E-state index contributed by atoms with van der Waals surface area (Å²) in [5.41, 5.74) is -0.817. The van der Waals surface area contributed by atoms with Crippen molar-refractivity contribution in [3.05, 3.63) is 0 Å². The molecule has 2 aliphatic heterocycles. The first-order chi connectivity index (χ1) is 11.9. The van der Waals surface area contributed by atoms with E-state index in [4.69, 9.17) is 9.47 Å². The zero-order valence-electron chi connectivity index (χ0n) is 15.2. The molecule has 25 heavy (non-hydrogen) atoms. The highest BCUT2D eigenvalue weighted by atomic mass is 16.6. The van der Waals surface area contributed by atoms with Crippen molar-refractivity contribution in [2.45, 2.75) is 51.2 Å². The van der Waals surface area contributed by atoms with E-state index < -0.39 is 29.4 Å². The number of nitrogens with zero attached hydrogens (tertiary/aromatic N) is 2. The van der Waals surface area contributed by atoms with Gasteiger partial charge in [-0.05, 0) is 26.2 Å². The number of ether oxygens (including phenoxy) is 2. The van der Waals surface area contributed by atoms with Gasteiger partial charge in [0.2, 0.25) is 0 Å². The molecule has 2 amide bonds. The van der Waals surface area contributed by atoms with Crippen molar-refractivity contribution in [3.63, 3.8) is 0 Å². The number of unbranched alkanes of at least 4 members (excludes halogenated alkanes) is 1. The summed E-state index contributed by atoms with van der Waals surface area (Å²) in [6, 6.07) is 0. The maximum absolute atomic E-state index is 12.3. The van der Waals surface area contributed by atoms with Crippen LogP contribution in [-0.4, -0.2) is 77.9 Å². The lowest BCUT2D eigenvalue weighted by molar-refractivity contribution is -0.156. The lowest BCUT2D eigenvalue weighted by Gasteiger charge is -2.45. The minimum Gasteiger partial charge on any atom is -0.466 e. The highest BCUT2D eigenvalue weighted by Crippen LogP contribution is 2.43. The van der Waals surface area contributed by atoms with E-state index in [2.05, 4.69) is 0 Å². The normalized spacial score (nSPS) is 25.4. The fourth-order valence-electron chi connectivity index (χ4n) is 3.76. The number of rotatable bonds is 5. The second-order valence-electron chi connectivity index (χ2n) is 6.63. The second-order valence-corrected chi connectivity index (χ2v) is 6.63. The molecule has 2 saturated heterocycles. The molecule has 0 saturated carbocycles. The van der Waals surface area contributed by atoms with Crippen LogP contribution < -0.4 is 0 Å². The summed E-state index contributed by atoms with van der Waals surface area (Å²) in [5.74, 6) is -1.97. The Labute approximate surface area is 148 Å². The maximum Gasteiger partial charge on any atom is 0.409 e. The van der Waals surface area contributed by atoms with Crippen LogP contribution in [0.25, 0.3) is 0 Å². The summed E-state index contributed by atoms with van der Waals surface area (Å²) < 4.78 is 10.3. The molecule has 0 aromatic carbocycles. The monoisotopic (exact) mass is 356 g/mol. The summed E-state index contributed by atoms with van der Waals surface area (Å²) in [5, 5.41) is 10.3. The Balaban J connectivity index is 2.08. The number of aliphatic hydroxyl groups excluding tert-OH is 1. The minimum atomic E-state index is -1.40. The third-order valence-electron chi connectivity index (χ3n) is 5.30. The molecule has 2 atom stereocenters. The van der Waals surface area contributed by atoms with Crippen molar-refractivity contribution >= 4 is 18.0 Å². The standard InChI is InChI=1S/C17H28N2O6/c1-4-6-11-25-16(23)19-9-7-17(8-10-19)12(15(22)24-5-2)13(20)14(21)18(17)3/h12-13,20H,4-11H2,1-3H3/t12-,13-/m1/s1. The van der Waals surface area contributed by atoms with Gasteiger partial charge in [0, 0.05) is 20.1 Å². The molecule has 0 aromatic heterocycles. The maximum atomic E-state index is 12.3. The molecule has 1 spiro atoms. The Morgan fingerprint density at radius 1 is 1.24 bits per heavy atom. The highest BCUT2D eigenvalue weighted by Gasteiger charge is 2.61. The van der Waals surface area contributed by atoms with Gasteiger partial charge in [0.1, 0.15) is 12.0 Å². The average molecular weight is 356 g/mol. The van der Waals surface area contributed by atoms with Crippen molar-refractivity contribution < 1.29 is 29.0 Å². The number of carbonyl (C=O) groups excluding carboxylic acids is 3. The highest BCUT2D eigenvalue weighted by molar-refractivity contribution is 5.92. The van der Waals surface area contributed by atoms with Gasteiger partial charge < -0.3 is 24.4 Å². The van der Waals surface area contributed by atoms with E-state index in [0.717, 1.165) is 12.8 Å². The first kappa shape index (κ1) is 19.5. The van der Waals surface area contributed by atoms with E-state index in [-0.39, 0.29) is 12.7 Å². The summed E-state index contributed by atoms with van der Waals surface area (Å²) in [7, 11) is 1.60. The molecule has 0 radical (unpaired) electrons. The molecule has 142 valence electrons. The van der Waals surface area contributed by atoms with Crippen LogP contribution in [0.2, 0.25) is 0 Å². The predicted molar refractivity (Wildman–Crippen MR) is 88.7 cm³/mol. The number of aliphatic hydroxyl groups is 1. The van der Waals surface area contributed by atoms with Crippen LogP contribution in [0.3, 0.4) is 0 Å². The van der Waals surface area contributed by atoms with E-state index in [9.17, 15) is 19.5 Å². The van der Waals surface area contributed by atoms with Crippen molar-refractivity contribution in [1.82, 2.24) is 9.80 Å². The van der Waals surface area contributed by atoms with Gasteiger partial charge >= 0.3 is 12.1 Å². The van der Waals surface area contributed by atoms with E-state index in [1.807, 2.05) is 6.92 Å². The fourth-order valence-corrected chi connectivity index (χ4v) is 3.76. The number of amides is 2. The smallest absolute Gasteiger partial charge is 0.409 e. The number of carbonyl (C=O) groups is 3. The van der Waals surface area contributed by atoms with Crippen LogP contribution in [0, 0.1) is 5.92 Å². The van der Waals surface area contributed by atoms with Crippen LogP contribution in [-0.2, 0) is 19.1 Å². The third kappa shape index (κ3) is 3.58. The number of hydrogen-bond acceptors (Lipinski definition) is 6. The molecule has 8 nitrogen and oxygen atoms in total. The fraction of sp³-hybridized carbons (Fsp3) is 0.824. The number of piperidine rings is 1. The Kier molecular flexibility index (Phi) is 6.26. The van der Waals surface area contributed by atoms with Gasteiger partial charge in [-0.1, -0.05) is 13.3 Å². The van der Waals surface area contributed by atoms with Gasteiger partial charge in [-0.25, -0.2) is 4.79 Å². The average Bonchev–Trinajstić information content (AvgIpc) is 2.77. The van der Waals surface area contributed by atoms with Gasteiger partial charge in [0.05, 0.1) is 18.8 Å². The molecule has 2 rings (SSSR count). The van der Waals surface area contributed by atoms with Crippen LogP contribution in [0.1, 0.15) is 39.5 Å². The lowest BCUT2D eigenvalue weighted by Crippen LogP contribution is -2.57. The third-order valence-corrected chi connectivity index (χ3v) is 5.30. The van der Waals surface area contributed by atoms with Crippen molar-refractivity contribution in [1.29, 1.82) is 0 Å². The topological polar surface area (TPSA) is 96.4 Å². The molecular weight excluding hydrogens is 328 g/mol. The van der Waals surface area contributed by atoms with E-state index in [1.54, 1.807) is 18.9 Å². The van der Waals surface area contributed by atoms with Crippen molar-refractivity contribution in [2.75, 3.05) is 33.4 Å². The Bertz CT molecular complexity index is 515. The molecule has 0 bridgehead atoms. The lowest BCUT2D eigenvalue weighted by atomic mass is 9.76. The predicted octanol–water partition coefficient (Wildman–Crippen LogP) is 0.770. The molecule has 1 N–H and O–H groups in total. The minimum absolute atomic E-state index is 0.186. The first-order valence-electron chi connectivity index (χ1n) is 8.93. The van der Waals surface area contributed by atoms with Gasteiger partial charge in [0.15, 0.2) is 0 Å². The number of esters is 1. The first-order valence-corrected chi connectivity index (χ1v) is 8.93. The summed E-state index contributed by atoms with van der Waals surface area (Å²) >= 11 is 0. The van der Waals surface area contributed by atoms with E-state index >= 15 is 0 Å². The molecule has 2 fully saturated rings. The second kappa shape index (κ2) is 8.03. The molecule has 0 aromatic rings. The largest absolute Gasteiger partial charge is 0.466 e. The molecule has 2 aliphatic rings. The number of hydrogen-bond donors (Lipinski definition) is 1.